The molecule has 3 heteroatoms. The van der Waals surface area contributed by atoms with Crippen LogP contribution in [0.25, 0.3) is 0 Å². The van der Waals surface area contributed by atoms with E-state index in [1.807, 2.05) is 0 Å². The third kappa shape index (κ3) is 2.09. The van der Waals surface area contributed by atoms with Gasteiger partial charge in [0, 0.05) is 5.38 Å². The van der Waals surface area contributed by atoms with Crippen molar-refractivity contribution < 1.29 is 9.53 Å². The van der Waals surface area contributed by atoms with Gasteiger partial charge in [-0.05, 0) is 12.8 Å². The number of hydrogen-bond donors (Lipinski definition) is 0. The Morgan fingerprint density at radius 3 is 2.64 bits per heavy atom. The molecule has 0 radical (unpaired) electrons. The molecule has 1 rings (SSSR count). The van der Waals surface area contributed by atoms with Crippen LogP contribution < -0.4 is 0 Å². The highest BCUT2D eigenvalue weighted by Gasteiger charge is 2.29. The predicted molar refractivity (Wildman–Crippen MR) is 43.6 cm³/mol. The second-order valence-electron chi connectivity index (χ2n) is 2.93. The molecule has 1 saturated carbocycles. The van der Waals surface area contributed by atoms with E-state index in [0.29, 0.717) is 0 Å². The summed E-state index contributed by atoms with van der Waals surface area (Å²) in [6, 6.07) is 0. The lowest BCUT2D eigenvalue weighted by molar-refractivity contribution is -0.146. The fraction of sp³-hybridized carbons (Fsp3) is 0.875. The lowest BCUT2D eigenvalue weighted by Crippen LogP contribution is -2.28. The zero-order chi connectivity index (χ0) is 8.27. The van der Waals surface area contributed by atoms with Crippen LogP contribution >= 0.6 is 11.6 Å². The first-order chi connectivity index (χ1) is 5.25. The minimum atomic E-state index is -0.148. The van der Waals surface area contributed by atoms with Gasteiger partial charge < -0.3 is 4.74 Å². The van der Waals surface area contributed by atoms with Crippen molar-refractivity contribution in [3.8, 4) is 0 Å². The first-order valence-corrected chi connectivity index (χ1v) is 4.41. The van der Waals surface area contributed by atoms with Crippen molar-refractivity contribution in [3.63, 3.8) is 0 Å². The normalized spacial score (nSPS) is 31.5. The molecular formula is C8H13ClO2. The molecule has 11 heavy (non-hydrogen) atoms. The van der Waals surface area contributed by atoms with E-state index in [4.69, 9.17) is 11.6 Å². The van der Waals surface area contributed by atoms with Crippen LogP contribution in [0.3, 0.4) is 0 Å². The standard InChI is InChI=1S/C8H13ClO2/c1-11-8(10)6-4-2-3-5-7(6)9/h6-7H,2-5H2,1H3. The summed E-state index contributed by atoms with van der Waals surface area (Å²) in [4.78, 5) is 11.1. The van der Waals surface area contributed by atoms with E-state index in [1.165, 1.54) is 7.11 Å². The average Bonchev–Trinajstić information content (AvgIpc) is 2.04. The molecule has 0 bridgehead atoms. The summed E-state index contributed by atoms with van der Waals surface area (Å²) in [6.45, 7) is 0. The van der Waals surface area contributed by atoms with Gasteiger partial charge in [-0.1, -0.05) is 12.8 Å². The SMILES string of the molecule is COC(=O)C1CCCCC1Cl. The van der Waals surface area contributed by atoms with Gasteiger partial charge in [0.1, 0.15) is 0 Å². The summed E-state index contributed by atoms with van der Waals surface area (Å²) >= 11 is 5.96. The van der Waals surface area contributed by atoms with Crippen LogP contribution in [-0.2, 0) is 9.53 Å². The fourth-order valence-corrected chi connectivity index (χ4v) is 1.89. The van der Waals surface area contributed by atoms with Gasteiger partial charge in [0.2, 0.25) is 0 Å². The third-order valence-electron chi connectivity index (χ3n) is 2.19. The monoisotopic (exact) mass is 176 g/mol. The number of methoxy groups -OCH3 is 1. The minimum absolute atomic E-state index is 0.00352. The van der Waals surface area contributed by atoms with E-state index in [9.17, 15) is 4.79 Å². The minimum Gasteiger partial charge on any atom is -0.469 e. The van der Waals surface area contributed by atoms with E-state index in [0.717, 1.165) is 25.7 Å². The van der Waals surface area contributed by atoms with E-state index in [1.54, 1.807) is 0 Å². The third-order valence-corrected chi connectivity index (χ3v) is 2.71. The second kappa shape index (κ2) is 3.96. The van der Waals surface area contributed by atoms with Crippen molar-refractivity contribution in [2.24, 2.45) is 5.92 Å². The summed E-state index contributed by atoms with van der Waals surface area (Å²) in [6.07, 6.45) is 4.08. The van der Waals surface area contributed by atoms with Crippen LogP contribution in [0.15, 0.2) is 0 Å². The topological polar surface area (TPSA) is 26.3 Å². The predicted octanol–water partition coefficient (Wildman–Crippen LogP) is 1.96. The van der Waals surface area contributed by atoms with Gasteiger partial charge in [0.15, 0.2) is 0 Å². The highest BCUT2D eigenvalue weighted by atomic mass is 35.5. The molecule has 64 valence electrons. The largest absolute Gasteiger partial charge is 0.469 e. The Kier molecular flexibility index (Phi) is 3.18. The molecule has 0 aliphatic heterocycles. The summed E-state index contributed by atoms with van der Waals surface area (Å²) in [5, 5.41) is -0.00352. The van der Waals surface area contributed by atoms with Gasteiger partial charge in [-0.15, -0.1) is 11.6 Å². The number of carbonyl (C=O) groups is 1. The van der Waals surface area contributed by atoms with Crippen molar-refractivity contribution in [2.75, 3.05) is 7.11 Å². The van der Waals surface area contributed by atoms with Crippen LogP contribution in [-0.4, -0.2) is 18.5 Å². The number of esters is 1. The van der Waals surface area contributed by atoms with Gasteiger partial charge >= 0.3 is 5.97 Å². The first-order valence-electron chi connectivity index (χ1n) is 3.97. The highest BCUT2D eigenvalue weighted by molar-refractivity contribution is 6.22. The first kappa shape index (κ1) is 8.85. The van der Waals surface area contributed by atoms with Crippen molar-refractivity contribution in [3.05, 3.63) is 0 Å². The zero-order valence-corrected chi connectivity index (χ0v) is 7.43. The second-order valence-corrected chi connectivity index (χ2v) is 3.49. The summed E-state index contributed by atoms with van der Waals surface area (Å²) in [7, 11) is 1.42. The molecule has 1 fully saturated rings. The summed E-state index contributed by atoms with van der Waals surface area (Å²) in [5.41, 5.74) is 0. The molecule has 0 N–H and O–H groups in total. The van der Waals surface area contributed by atoms with Crippen molar-refractivity contribution >= 4 is 17.6 Å². The van der Waals surface area contributed by atoms with Crippen LogP contribution in [0.1, 0.15) is 25.7 Å². The van der Waals surface area contributed by atoms with E-state index < -0.39 is 0 Å². The average molecular weight is 177 g/mol. The lowest BCUT2D eigenvalue weighted by Gasteiger charge is -2.24. The molecule has 2 unspecified atom stereocenters. The molecule has 0 spiro atoms. The maximum Gasteiger partial charge on any atom is 0.310 e. The number of hydrogen-bond acceptors (Lipinski definition) is 2. The Labute approximate surface area is 71.9 Å². The lowest BCUT2D eigenvalue weighted by atomic mass is 9.89. The molecular weight excluding hydrogens is 164 g/mol. The molecule has 1 aliphatic carbocycles. The van der Waals surface area contributed by atoms with Crippen LogP contribution in [0, 0.1) is 5.92 Å². The zero-order valence-electron chi connectivity index (χ0n) is 6.68. The molecule has 0 saturated heterocycles. The smallest absolute Gasteiger partial charge is 0.310 e. The van der Waals surface area contributed by atoms with Crippen LogP contribution in [0.4, 0.5) is 0 Å². The molecule has 0 heterocycles. The van der Waals surface area contributed by atoms with Gasteiger partial charge in [0.25, 0.3) is 0 Å². The molecule has 1 aliphatic rings. The molecule has 2 atom stereocenters. The fourth-order valence-electron chi connectivity index (χ4n) is 1.50. The van der Waals surface area contributed by atoms with Crippen molar-refractivity contribution in [1.82, 2.24) is 0 Å². The Hall–Kier alpha value is -0.240. The summed E-state index contributed by atoms with van der Waals surface area (Å²) in [5.74, 6) is -0.208. The Balaban J connectivity index is 2.47. The highest BCUT2D eigenvalue weighted by Crippen LogP contribution is 2.29. The molecule has 2 nitrogen and oxygen atoms in total. The van der Waals surface area contributed by atoms with Crippen LogP contribution in [0.2, 0.25) is 0 Å². The number of alkyl halides is 1. The van der Waals surface area contributed by atoms with E-state index in [2.05, 4.69) is 4.74 Å². The number of carbonyl (C=O) groups excluding carboxylic acids is 1. The van der Waals surface area contributed by atoms with E-state index in [-0.39, 0.29) is 17.3 Å². The van der Waals surface area contributed by atoms with Gasteiger partial charge in [-0.3, -0.25) is 4.79 Å². The number of rotatable bonds is 1. The van der Waals surface area contributed by atoms with Gasteiger partial charge in [0.05, 0.1) is 13.0 Å². The maximum absolute atomic E-state index is 11.1. The van der Waals surface area contributed by atoms with Gasteiger partial charge in [-0.25, -0.2) is 0 Å². The maximum atomic E-state index is 11.1. The van der Waals surface area contributed by atoms with Crippen molar-refractivity contribution in [1.29, 1.82) is 0 Å². The van der Waals surface area contributed by atoms with Crippen molar-refractivity contribution in [2.45, 2.75) is 31.1 Å². The molecule has 0 aromatic rings. The van der Waals surface area contributed by atoms with E-state index >= 15 is 0 Å². The van der Waals surface area contributed by atoms with Crippen LogP contribution in [0.5, 0.6) is 0 Å². The quantitative estimate of drug-likeness (QED) is 0.451. The molecule has 0 aromatic carbocycles. The Bertz CT molecular complexity index is 147. The Morgan fingerprint density at radius 2 is 2.09 bits per heavy atom. The summed E-state index contributed by atoms with van der Waals surface area (Å²) < 4.78 is 4.64. The number of halogens is 1. The Morgan fingerprint density at radius 1 is 1.45 bits per heavy atom. The molecule has 0 aromatic heterocycles. The number of ether oxygens (including phenoxy) is 1. The molecule has 0 amide bonds. The van der Waals surface area contributed by atoms with Gasteiger partial charge in [-0.2, -0.15) is 0 Å².